The van der Waals surface area contributed by atoms with Gasteiger partial charge in [-0.05, 0) is 25.7 Å². The monoisotopic (exact) mass is 322 g/mol. The van der Waals surface area contributed by atoms with E-state index in [1.165, 1.54) is 122 Å². The van der Waals surface area contributed by atoms with Crippen LogP contribution in [0, 0.1) is 0 Å². The van der Waals surface area contributed by atoms with Gasteiger partial charge in [0, 0.05) is 0 Å². The molecule has 0 aromatic rings. The van der Waals surface area contributed by atoms with Gasteiger partial charge in [0.25, 0.3) is 0 Å². The van der Waals surface area contributed by atoms with Gasteiger partial charge in [0.15, 0.2) is 0 Å². The maximum absolute atomic E-state index is 2.43. The first-order chi connectivity index (χ1) is 11.4. The van der Waals surface area contributed by atoms with Crippen molar-refractivity contribution in [2.45, 2.75) is 136 Å². The SMILES string of the molecule is CCCCCCC/C=C\CCCCCCCCCCCCCC. The van der Waals surface area contributed by atoms with Gasteiger partial charge in [-0.3, -0.25) is 0 Å². The van der Waals surface area contributed by atoms with Crippen LogP contribution in [0.25, 0.3) is 0 Å². The van der Waals surface area contributed by atoms with E-state index in [2.05, 4.69) is 26.0 Å². The Balaban J connectivity index is 3.02. The van der Waals surface area contributed by atoms with E-state index in [1.54, 1.807) is 0 Å². The fourth-order valence-corrected chi connectivity index (χ4v) is 3.20. The van der Waals surface area contributed by atoms with Crippen molar-refractivity contribution in [1.29, 1.82) is 0 Å². The normalized spacial score (nSPS) is 11.6. The van der Waals surface area contributed by atoms with E-state index < -0.39 is 0 Å². The molecule has 0 amide bonds. The molecular formula is C23H46. The first kappa shape index (κ1) is 22.7. The third kappa shape index (κ3) is 21.7. The number of allylic oxidation sites excluding steroid dienone is 2. The number of rotatable bonds is 19. The molecule has 0 unspecified atom stereocenters. The molecule has 0 heterocycles. The Bertz CT molecular complexity index is 216. The van der Waals surface area contributed by atoms with Crippen LogP contribution in [0.2, 0.25) is 0 Å². The average Bonchev–Trinajstić information content (AvgIpc) is 2.57. The maximum Gasteiger partial charge on any atom is -0.0351 e. The molecule has 0 saturated carbocycles. The van der Waals surface area contributed by atoms with Gasteiger partial charge >= 0.3 is 0 Å². The second-order valence-electron chi connectivity index (χ2n) is 7.35. The van der Waals surface area contributed by atoms with Gasteiger partial charge in [-0.2, -0.15) is 0 Å². The van der Waals surface area contributed by atoms with Crippen molar-refractivity contribution < 1.29 is 0 Å². The third-order valence-electron chi connectivity index (χ3n) is 4.87. The van der Waals surface area contributed by atoms with Crippen molar-refractivity contribution in [3.8, 4) is 0 Å². The topological polar surface area (TPSA) is 0 Å². The number of unbranched alkanes of at least 4 members (excludes halogenated alkanes) is 17. The van der Waals surface area contributed by atoms with Crippen molar-refractivity contribution in [2.24, 2.45) is 0 Å². The lowest BCUT2D eigenvalue weighted by Gasteiger charge is -2.02. The van der Waals surface area contributed by atoms with E-state index in [0.717, 1.165) is 0 Å². The quantitative estimate of drug-likeness (QED) is 0.164. The smallest absolute Gasteiger partial charge is 0.0351 e. The summed E-state index contributed by atoms with van der Waals surface area (Å²) in [5.74, 6) is 0. The summed E-state index contributed by atoms with van der Waals surface area (Å²) in [6.45, 7) is 4.58. The Labute approximate surface area is 148 Å². The molecule has 0 radical (unpaired) electrons. The van der Waals surface area contributed by atoms with Crippen LogP contribution in [-0.4, -0.2) is 0 Å². The molecule has 0 aromatic carbocycles. The molecule has 0 atom stereocenters. The second-order valence-corrected chi connectivity index (χ2v) is 7.35. The van der Waals surface area contributed by atoms with E-state index in [1.807, 2.05) is 0 Å². The van der Waals surface area contributed by atoms with Crippen molar-refractivity contribution in [3.63, 3.8) is 0 Å². The van der Waals surface area contributed by atoms with Crippen LogP contribution < -0.4 is 0 Å². The predicted molar refractivity (Wildman–Crippen MR) is 108 cm³/mol. The maximum atomic E-state index is 2.43. The molecule has 23 heavy (non-hydrogen) atoms. The molecule has 0 aliphatic carbocycles. The van der Waals surface area contributed by atoms with Crippen LogP contribution >= 0.6 is 0 Å². The minimum atomic E-state index is 1.31. The molecule has 0 N–H and O–H groups in total. The molecule has 0 bridgehead atoms. The Morgan fingerprint density at radius 2 is 0.609 bits per heavy atom. The van der Waals surface area contributed by atoms with E-state index in [0.29, 0.717) is 0 Å². The zero-order valence-electron chi connectivity index (χ0n) is 16.6. The first-order valence-electron chi connectivity index (χ1n) is 11.1. The minimum absolute atomic E-state index is 1.31. The molecule has 138 valence electrons. The minimum Gasteiger partial charge on any atom is -0.0885 e. The predicted octanol–water partition coefficient (Wildman–Crippen LogP) is 8.99. The lowest BCUT2D eigenvalue weighted by atomic mass is 10.0. The van der Waals surface area contributed by atoms with Crippen LogP contribution in [0.3, 0.4) is 0 Å². The summed E-state index contributed by atoms with van der Waals surface area (Å²) in [5.41, 5.74) is 0. The summed E-state index contributed by atoms with van der Waals surface area (Å²) in [6.07, 6.45) is 31.9. The van der Waals surface area contributed by atoms with E-state index >= 15 is 0 Å². The van der Waals surface area contributed by atoms with E-state index in [9.17, 15) is 0 Å². The van der Waals surface area contributed by atoms with Gasteiger partial charge in [0.1, 0.15) is 0 Å². The number of hydrogen-bond acceptors (Lipinski definition) is 0. The molecule has 0 fully saturated rings. The highest BCUT2D eigenvalue weighted by molar-refractivity contribution is 4.81. The van der Waals surface area contributed by atoms with Crippen LogP contribution in [-0.2, 0) is 0 Å². The summed E-state index contributed by atoms with van der Waals surface area (Å²) in [6, 6.07) is 0. The lowest BCUT2D eigenvalue weighted by Crippen LogP contribution is -1.82. The van der Waals surface area contributed by atoms with Crippen molar-refractivity contribution in [1.82, 2.24) is 0 Å². The first-order valence-corrected chi connectivity index (χ1v) is 11.1. The largest absolute Gasteiger partial charge is 0.0885 e. The highest BCUT2D eigenvalue weighted by atomic mass is 14.0. The van der Waals surface area contributed by atoms with Gasteiger partial charge in [-0.25, -0.2) is 0 Å². The third-order valence-corrected chi connectivity index (χ3v) is 4.87. The fourth-order valence-electron chi connectivity index (χ4n) is 3.20. The summed E-state index contributed by atoms with van der Waals surface area (Å²) in [5, 5.41) is 0. The molecule has 0 rings (SSSR count). The number of hydrogen-bond donors (Lipinski definition) is 0. The summed E-state index contributed by atoms with van der Waals surface area (Å²) in [7, 11) is 0. The molecule has 0 nitrogen and oxygen atoms in total. The zero-order chi connectivity index (χ0) is 16.8. The van der Waals surface area contributed by atoms with Crippen molar-refractivity contribution >= 4 is 0 Å². The van der Waals surface area contributed by atoms with Crippen LogP contribution in [0.1, 0.15) is 136 Å². The van der Waals surface area contributed by atoms with Gasteiger partial charge in [0.05, 0.1) is 0 Å². The van der Waals surface area contributed by atoms with Crippen LogP contribution in [0.4, 0.5) is 0 Å². The zero-order valence-corrected chi connectivity index (χ0v) is 16.6. The van der Waals surface area contributed by atoms with Gasteiger partial charge in [-0.1, -0.05) is 122 Å². The van der Waals surface area contributed by atoms with Crippen LogP contribution in [0.5, 0.6) is 0 Å². The molecule has 0 aliphatic heterocycles. The highest BCUT2D eigenvalue weighted by Crippen LogP contribution is 2.12. The summed E-state index contributed by atoms with van der Waals surface area (Å²) in [4.78, 5) is 0. The Morgan fingerprint density at radius 1 is 0.348 bits per heavy atom. The summed E-state index contributed by atoms with van der Waals surface area (Å²) >= 11 is 0. The Morgan fingerprint density at radius 3 is 0.913 bits per heavy atom. The molecule has 0 spiro atoms. The fraction of sp³-hybridized carbons (Fsp3) is 0.913. The van der Waals surface area contributed by atoms with Crippen molar-refractivity contribution in [2.75, 3.05) is 0 Å². The molecule has 0 aromatic heterocycles. The van der Waals surface area contributed by atoms with Gasteiger partial charge in [-0.15, -0.1) is 0 Å². The van der Waals surface area contributed by atoms with Gasteiger partial charge in [0.2, 0.25) is 0 Å². The summed E-state index contributed by atoms with van der Waals surface area (Å²) < 4.78 is 0. The van der Waals surface area contributed by atoms with Gasteiger partial charge < -0.3 is 0 Å². The standard InChI is InChI=1S/C23H46/c1-3-5-7-9-11-13-15-17-19-21-23-22-20-18-16-14-12-10-8-6-4-2/h15,17H,3-14,16,18-23H2,1-2H3/b17-15-. The van der Waals surface area contributed by atoms with Crippen LogP contribution in [0.15, 0.2) is 12.2 Å². The second kappa shape index (κ2) is 21.7. The average molecular weight is 323 g/mol. The van der Waals surface area contributed by atoms with E-state index in [4.69, 9.17) is 0 Å². The molecular weight excluding hydrogens is 276 g/mol. The molecule has 0 saturated heterocycles. The lowest BCUT2D eigenvalue weighted by molar-refractivity contribution is 0.545. The van der Waals surface area contributed by atoms with E-state index in [-0.39, 0.29) is 0 Å². The highest BCUT2D eigenvalue weighted by Gasteiger charge is 1.93. The molecule has 0 aliphatic rings. The van der Waals surface area contributed by atoms with Crippen molar-refractivity contribution in [3.05, 3.63) is 12.2 Å². The Hall–Kier alpha value is -0.260. The molecule has 0 heteroatoms. The Kier molecular flexibility index (Phi) is 21.5.